The van der Waals surface area contributed by atoms with Crippen LogP contribution >= 0.6 is 11.8 Å². The topological polar surface area (TPSA) is 92.9 Å². The van der Waals surface area contributed by atoms with Crippen molar-refractivity contribution in [2.45, 2.75) is 29.8 Å². The Kier molecular flexibility index (Phi) is 6.63. The molecule has 8 heteroatoms. The van der Waals surface area contributed by atoms with Crippen molar-refractivity contribution < 1.29 is 12.6 Å². The fourth-order valence-electron chi connectivity index (χ4n) is 3.47. The SMILES string of the molecule is CCSc1nc(OS(=O)(=O)c2ccc(C)cc2)cc(C(C#N)c2cccc3ccccc23)n1. The molecule has 0 bridgehead atoms. The highest BCUT2D eigenvalue weighted by atomic mass is 32.2. The summed E-state index contributed by atoms with van der Waals surface area (Å²) in [6.07, 6.45) is 0. The summed E-state index contributed by atoms with van der Waals surface area (Å²) in [5.41, 5.74) is 2.11. The van der Waals surface area contributed by atoms with Crippen molar-refractivity contribution in [3.63, 3.8) is 0 Å². The Labute approximate surface area is 197 Å². The van der Waals surface area contributed by atoms with Gasteiger partial charge in [0.15, 0.2) is 5.16 Å². The summed E-state index contributed by atoms with van der Waals surface area (Å²) in [4.78, 5) is 8.84. The zero-order valence-corrected chi connectivity index (χ0v) is 19.7. The lowest BCUT2D eigenvalue weighted by Gasteiger charge is -2.14. The minimum absolute atomic E-state index is 0.0313. The number of aryl methyl sites for hydroxylation is 1. The van der Waals surface area contributed by atoms with Crippen LogP contribution in [0.4, 0.5) is 0 Å². The van der Waals surface area contributed by atoms with Gasteiger partial charge >= 0.3 is 10.1 Å². The van der Waals surface area contributed by atoms with Gasteiger partial charge in [-0.2, -0.15) is 18.7 Å². The fraction of sp³-hybridized carbons (Fsp3) is 0.160. The van der Waals surface area contributed by atoms with Crippen LogP contribution in [0.2, 0.25) is 0 Å². The number of nitrogens with zero attached hydrogens (tertiary/aromatic N) is 3. The monoisotopic (exact) mass is 475 g/mol. The Bertz CT molecular complexity index is 1440. The van der Waals surface area contributed by atoms with E-state index in [0.717, 1.165) is 21.9 Å². The second-order valence-corrected chi connectivity index (χ2v) is 10.1. The van der Waals surface area contributed by atoms with Gasteiger partial charge in [0.25, 0.3) is 0 Å². The van der Waals surface area contributed by atoms with Crippen LogP contribution in [0.1, 0.15) is 29.7 Å². The Morgan fingerprint density at radius 2 is 1.76 bits per heavy atom. The van der Waals surface area contributed by atoms with Crippen molar-refractivity contribution in [1.29, 1.82) is 5.26 Å². The highest BCUT2D eigenvalue weighted by Gasteiger charge is 2.23. The molecule has 3 aromatic carbocycles. The normalized spacial score (nSPS) is 12.3. The van der Waals surface area contributed by atoms with E-state index in [2.05, 4.69) is 16.0 Å². The number of hydrogen-bond acceptors (Lipinski definition) is 7. The van der Waals surface area contributed by atoms with E-state index in [-0.39, 0.29) is 10.8 Å². The van der Waals surface area contributed by atoms with Gasteiger partial charge in [-0.15, -0.1) is 0 Å². The first kappa shape index (κ1) is 22.8. The van der Waals surface area contributed by atoms with Gasteiger partial charge in [-0.3, -0.25) is 0 Å². The Balaban J connectivity index is 1.78. The van der Waals surface area contributed by atoms with Crippen molar-refractivity contribution in [3.05, 3.63) is 89.6 Å². The molecule has 0 aliphatic heterocycles. The third-order valence-electron chi connectivity index (χ3n) is 5.04. The second-order valence-electron chi connectivity index (χ2n) is 7.33. The first-order valence-corrected chi connectivity index (χ1v) is 12.7. The van der Waals surface area contributed by atoms with Crippen LogP contribution in [0.5, 0.6) is 5.88 Å². The number of hydrogen-bond donors (Lipinski definition) is 0. The lowest BCUT2D eigenvalue weighted by molar-refractivity contribution is 0.470. The first-order valence-electron chi connectivity index (χ1n) is 10.3. The molecule has 1 atom stereocenters. The summed E-state index contributed by atoms with van der Waals surface area (Å²) in [5, 5.41) is 12.4. The van der Waals surface area contributed by atoms with Gasteiger partial charge in [-0.1, -0.05) is 78.8 Å². The highest BCUT2D eigenvalue weighted by molar-refractivity contribution is 7.99. The molecule has 0 radical (unpaired) electrons. The van der Waals surface area contributed by atoms with E-state index in [1.807, 2.05) is 56.3 Å². The summed E-state index contributed by atoms with van der Waals surface area (Å²) < 4.78 is 31.0. The van der Waals surface area contributed by atoms with Gasteiger partial charge in [0, 0.05) is 6.07 Å². The zero-order valence-electron chi connectivity index (χ0n) is 18.1. The van der Waals surface area contributed by atoms with Crippen molar-refractivity contribution in [1.82, 2.24) is 9.97 Å². The van der Waals surface area contributed by atoms with Crippen LogP contribution in [0, 0.1) is 18.3 Å². The molecule has 166 valence electrons. The molecular formula is C25H21N3O3S2. The molecule has 0 amide bonds. The van der Waals surface area contributed by atoms with Gasteiger partial charge in [0.2, 0.25) is 5.88 Å². The maximum absolute atomic E-state index is 12.8. The molecule has 1 unspecified atom stereocenters. The van der Waals surface area contributed by atoms with Crippen LogP contribution in [0.25, 0.3) is 10.8 Å². The molecule has 0 spiro atoms. The predicted octanol–water partition coefficient (Wildman–Crippen LogP) is 5.47. The quantitative estimate of drug-likeness (QED) is 0.199. The molecular weight excluding hydrogens is 454 g/mol. The average molecular weight is 476 g/mol. The van der Waals surface area contributed by atoms with E-state index in [1.54, 1.807) is 12.1 Å². The van der Waals surface area contributed by atoms with Crippen molar-refractivity contribution >= 4 is 32.7 Å². The molecule has 6 nitrogen and oxygen atoms in total. The van der Waals surface area contributed by atoms with Crippen LogP contribution in [-0.4, -0.2) is 24.1 Å². The number of fused-ring (bicyclic) bond motifs is 1. The molecule has 33 heavy (non-hydrogen) atoms. The fourth-order valence-corrected chi connectivity index (χ4v) is 4.93. The predicted molar refractivity (Wildman–Crippen MR) is 129 cm³/mol. The van der Waals surface area contributed by atoms with Gasteiger partial charge in [0.1, 0.15) is 10.8 Å². The van der Waals surface area contributed by atoms with Crippen LogP contribution < -0.4 is 4.18 Å². The van der Waals surface area contributed by atoms with E-state index in [4.69, 9.17) is 4.18 Å². The van der Waals surface area contributed by atoms with Gasteiger partial charge in [-0.05, 0) is 41.1 Å². The lowest BCUT2D eigenvalue weighted by atomic mass is 9.92. The minimum atomic E-state index is -4.09. The van der Waals surface area contributed by atoms with Crippen molar-refractivity contribution in [2.24, 2.45) is 0 Å². The zero-order chi connectivity index (χ0) is 23.4. The van der Waals surface area contributed by atoms with Crippen LogP contribution in [-0.2, 0) is 10.1 Å². The molecule has 0 aliphatic carbocycles. The van der Waals surface area contributed by atoms with Crippen LogP contribution in [0.3, 0.4) is 0 Å². The minimum Gasteiger partial charge on any atom is -0.358 e. The Morgan fingerprint density at radius 1 is 1.03 bits per heavy atom. The molecule has 4 aromatic rings. The molecule has 0 N–H and O–H groups in total. The molecule has 1 aromatic heterocycles. The van der Waals surface area contributed by atoms with E-state index >= 15 is 0 Å². The highest BCUT2D eigenvalue weighted by Crippen LogP contribution is 2.32. The van der Waals surface area contributed by atoms with Crippen molar-refractivity contribution in [3.8, 4) is 11.9 Å². The lowest BCUT2D eigenvalue weighted by Crippen LogP contribution is -2.12. The number of aromatic nitrogens is 2. The van der Waals surface area contributed by atoms with Gasteiger partial charge in [0.05, 0.1) is 11.8 Å². The molecule has 0 fully saturated rings. The third-order valence-corrected chi connectivity index (χ3v) is 7.01. The van der Waals surface area contributed by atoms with Gasteiger partial charge in [-0.25, -0.2) is 4.98 Å². The number of benzene rings is 3. The molecule has 0 aliphatic rings. The van der Waals surface area contributed by atoms with Gasteiger partial charge < -0.3 is 4.18 Å². The average Bonchev–Trinajstić information content (AvgIpc) is 2.80. The second kappa shape index (κ2) is 9.61. The summed E-state index contributed by atoms with van der Waals surface area (Å²) in [6.45, 7) is 3.81. The third kappa shape index (κ3) is 5.00. The smallest absolute Gasteiger partial charge is 0.340 e. The van der Waals surface area contributed by atoms with E-state index < -0.39 is 16.0 Å². The molecule has 0 saturated heterocycles. The van der Waals surface area contributed by atoms with E-state index in [1.165, 1.54) is 30.0 Å². The largest absolute Gasteiger partial charge is 0.358 e. The Hall–Kier alpha value is -3.41. The maximum atomic E-state index is 12.8. The molecule has 0 saturated carbocycles. The number of nitriles is 1. The summed E-state index contributed by atoms with van der Waals surface area (Å²) in [5.74, 6) is -0.157. The number of thioether (sulfide) groups is 1. The molecule has 4 rings (SSSR count). The summed E-state index contributed by atoms with van der Waals surface area (Å²) >= 11 is 1.35. The van der Waals surface area contributed by atoms with E-state index in [0.29, 0.717) is 16.6 Å². The first-order chi connectivity index (χ1) is 15.9. The number of rotatable bonds is 7. The molecule has 1 heterocycles. The van der Waals surface area contributed by atoms with Crippen LogP contribution in [0.15, 0.2) is 82.8 Å². The summed E-state index contributed by atoms with van der Waals surface area (Å²) in [6, 6.07) is 23.7. The van der Waals surface area contributed by atoms with E-state index in [9.17, 15) is 13.7 Å². The summed E-state index contributed by atoms with van der Waals surface area (Å²) in [7, 11) is -4.09. The maximum Gasteiger partial charge on any atom is 0.340 e. The standard InChI is InChI=1S/C25H21N3O3S2/c1-3-32-25-27-23(22(16-26)21-10-6-8-18-7-4-5-9-20(18)21)15-24(28-25)31-33(29,30)19-13-11-17(2)12-14-19/h4-15,22H,3H2,1-2H3. The van der Waals surface area contributed by atoms with Crippen molar-refractivity contribution in [2.75, 3.05) is 5.75 Å². The Morgan fingerprint density at radius 3 is 2.48 bits per heavy atom.